The van der Waals surface area contributed by atoms with E-state index in [1.54, 1.807) is 20.8 Å². The summed E-state index contributed by atoms with van der Waals surface area (Å²) in [5.74, 6) is -0.744. The third kappa shape index (κ3) is 7.74. The van der Waals surface area contributed by atoms with Crippen LogP contribution < -0.4 is 0 Å². The number of cyclic esters (lactones) is 1. The Bertz CT molecular complexity index is 1350. The Labute approximate surface area is 250 Å². The summed E-state index contributed by atoms with van der Waals surface area (Å²) in [7, 11) is 4.39. The second-order valence-corrected chi connectivity index (χ2v) is 10.4. The van der Waals surface area contributed by atoms with Crippen LogP contribution >= 0.6 is 0 Å². The standard InChI is InChI=1S/C13H16N2O3.C11H12N2O2.C6H9NO3/c1-3-18-12-11(16)14(2)13(17)15(12)9-10-7-5-4-6-8-10;1-12-10(14)8-13(11(12)15)7-9-5-3-2-4-6-9;1-6(2)4(8)7(3)5(9)10-6/h4-8,12H,3,9H2,1-2H3;2-6H,7-8H2,1H3;1-3H3. The Hall–Kier alpha value is -4.78. The van der Waals surface area contributed by atoms with Crippen LogP contribution in [0.1, 0.15) is 31.9 Å². The molecule has 0 bridgehead atoms. The minimum Gasteiger partial charge on any atom is -0.433 e. The number of carbonyl (C=O) groups excluding carboxylic acids is 6. The number of carbonyl (C=O) groups is 6. The molecule has 0 aromatic heterocycles. The van der Waals surface area contributed by atoms with Gasteiger partial charge in [-0.15, -0.1) is 0 Å². The van der Waals surface area contributed by atoms with E-state index in [2.05, 4.69) is 0 Å². The highest BCUT2D eigenvalue weighted by Gasteiger charge is 2.45. The summed E-state index contributed by atoms with van der Waals surface area (Å²) >= 11 is 0. The molecule has 3 fully saturated rings. The normalized spacial score (nSPS) is 19.4. The fraction of sp³-hybridized carbons (Fsp3) is 0.400. The molecule has 0 radical (unpaired) electrons. The zero-order valence-corrected chi connectivity index (χ0v) is 25.2. The van der Waals surface area contributed by atoms with Crippen molar-refractivity contribution in [3.63, 3.8) is 0 Å². The first-order valence-corrected chi connectivity index (χ1v) is 13.6. The Morgan fingerprint density at radius 3 is 1.70 bits per heavy atom. The maximum atomic E-state index is 12.0. The van der Waals surface area contributed by atoms with E-state index in [1.807, 2.05) is 60.7 Å². The zero-order valence-electron chi connectivity index (χ0n) is 25.2. The van der Waals surface area contributed by atoms with Gasteiger partial charge in [-0.1, -0.05) is 60.7 Å². The van der Waals surface area contributed by atoms with Crippen molar-refractivity contribution in [1.29, 1.82) is 0 Å². The predicted octanol–water partition coefficient (Wildman–Crippen LogP) is 2.90. The van der Waals surface area contributed by atoms with E-state index in [0.717, 1.165) is 25.8 Å². The Morgan fingerprint density at radius 1 is 0.767 bits per heavy atom. The SMILES string of the molecule is CCOC1C(=O)N(C)C(=O)N1Cc1ccccc1.CN1C(=O)CN(Cc2ccccc2)C1=O.CN1C(=O)OC(C)(C)C1=O. The van der Waals surface area contributed by atoms with Crippen molar-refractivity contribution in [1.82, 2.24) is 24.5 Å². The van der Waals surface area contributed by atoms with Gasteiger partial charge in [0.2, 0.25) is 12.1 Å². The Kier molecular flexibility index (Phi) is 10.6. The van der Waals surface area contributed by atoms with Crippen molar-refractivity contribution < 1.29 is 38.2 Å². The van der Waals surface area contributed by atoms with Crippen molar-refractivity contribution >= 4 is 35.9 Å². The number of hydrogen-bond acceptors (Lipinski definition) is 8. The van der Waals surface area contributed by atoms with Crippen LogP contribution in [0.25, 0.3) is 0 Å². The van der Waals surface area contributed by atoms with Crippen LogP contribution in [-0.4, -0.2) is 107 Å². The first kappa shape index (κ1) is 32.7. The van der Waals surface area contributed by atoms with Crippen molar-refractivity contribution in [2.24, 2.45) is 0 Å². The molecule has 0 saturated carbocycles. The predicted molar refractivity (Wildman–Crippen MR) is 154 cm³/mol. The largest absolute Gasteiger partial charge is 0.433 e. The lowest BCUT2D eigenvalue weighted by molar-refractivity contribution is -0.141. The van der Waals surface area contributed by atoms with Crippen molar-refractivity contribution in [3.8, 4) is 0 Å². The number of likely N-dealkylation sites (N-methyl/N-ethyl adjacent to an activating group) is 3. The fourth-order valence-electron chi connectivity index (χ4n) is 4.34. The number of ether oxygens (including phenoxy) is 2. The van der Waals surface area contributed by atoms with Crippen molar-refractivity contribution in [2.45, 2.75) is 45.7 Å². The molecular weight excluding hydrogens is 558 g/mol. The topological polar surface area (TPSA) is 137 Å². The van der Waals surface area contributed by atoms with Gasteiger partial charge < -0.3 is 14.4 Å². The van der Waals surface area contributed by atoms with Gasteiger partial charge in [0.15, 0.2) is 5.60 Å². The summed E-state index contributed by atoms with van der Waals surface area (Å²) in [6, 6.07) is 18.6. The summed E-state index contributed by atoms with van der Waals surface area (Å²) in [6.45, 7) is 6.38. The van der Waals surface area contributed by atoms with E-state index in [0.29, 0.717) is 19.7 Å². The van der Waals surface area contributed by atoms with Gasteiger partial charge in [-0.3, -0.25) is 29.1 Å². The lowest BCUT2D eigenvalue weighted by atomic mass is 10.1. The van der Waals surface area contributed by atoms with Crippen LogP contribution in [0.5, 0.6) is 0 Å². The second kappa shape index (κ2) is 13.9. The van der Waals surface area contributed by atoms with E-state index < -0.39 is 17.9 Å². The number of benzene rings is 2. The maximum absolute atomic E-state index is 12.0. The lowest BCUT2D eigenvalue weighted by Crippen LogP contribution is -2.36. The van der Waals surface area contributed by atoms with E-state index in [1.165, 1.54) is 30.9 Å². The van der Waals surface area contributed by atoms with Crippen LogP contribution in [0.4, 0.5) is 14.4 Å². The van der Waals surface area contributed by atoms with Crippen LogP contribution in [0.2, 0.25) is 0 Å². The number of hydrogen-bond donors (Lipinski definition) is 0. The molecule has 1 atom stereocenters. The number of imide groups is 3. The molecule has 0 spiro atoms. The monoisotopic (exact) mass is 595 g/mol. The summed E-state index contributed by atoms with van der Waals surface area (Å²) in [5.41, 5.74) is 1.04. The molecule has 2 aromatic rings. The Morgan fingerprint density at radius 2 is 1.30 bits per heavy atom. The molecule has 2 aromatic carbocycles. The molecule has 0 N–H and O–H groups in total. The quantitative estimate of drug-likeness (QED) is 0.465. The van der Waals surface area contributed by atoms with Crippen molar-refractivity contribution in [2.75, 3.05) is 34.3 Å². The van der Waals surface area contributed by atoms with Gasteiger partial charge in [0.1, 0.15) is 6.54 Å². The lowest BCUT2D eigenvalue weighted by Gasteiger charge is -2.21. The average molecular weight is 596 g/mol. The van der Waals surface area contributed by atoms with E-state index in [9.17, 15) is 28.8 Å². The summed E-state index contributed by atoms with van der Waals surface area (Å²) < 4.78 is 10.1. The van der Waals surface area contributed by atoms with Crippen LogP contribution in [0.15, 0.2) is 60.7 Å². The molecule has 13 heteroatoms. The average Bonchev–Trinajstić information content (AvgIpc) is 3.43. The zero-order chi connectivity index (χ0) is 31.9. The summed E-state index contributed by atoms with van der Waals surface area (Å²) in [4.78, 5) is 74.5. The molecule has 8 amide bonds. The van der Waals surface area contributed by atoms with Crippen molar-refractivity contribution in [3.05, 3.63) is 71.8 Å². The molecule has 1 unspecified atom stereocenters. The summed E-state index contributed by atoms with van der Waals surface area (Å²) in [5, 5.41) is 0. The minimum absolute atomic E-state index is 0.143. The molecule has 3 heterocycles. The molecule has 13 nitrogen and oxygen atoms in total. The smallest absolute Gasteiger partial charge is 0.417 e. The molecule has 3 aliphatic heterocycles. The second-order valence-electron chi connectivity index (χ2n) is 10.4. The van der Waals surface area contributed by atoms with E-state index in [-0.39, 0.29) is 36.3 Å². The molecular formula is C30H37N5O8. The fourth-order valence-corrected chi connectivity index (χ4v) is 4.34. The number of nitrogens with zero attached hydrogens (tertiary/aromatic N) is 5. The van der Waals surface area contributed by atoms with Gasteiger partial charge in [0, 0.05) is 34.3 Å². The highest BCUT2D eigenvalue weighted by Crippen LogP contribution is 2.22. The minimum atomic E-state index is -0.966. The Balaban J connectivity index is 0.000000184. The third-order valence-electron chi connectivity index (χ3n) is 6.79. The van der Waals surface area contributed by atoms with Gasteiger partial charge in [-0.05, 0) is 31.9 Å². The van der Waals surface area contributed by atoms with Gasteiger partial charge >= 0.3 is 18.2 Å². The summed E-state index contributed by atoms with van der Waals surface area (Å²) in [6.07, 6.45) is -1.37. The molecule has 43 heavy (non-hydrogen) atoms. The molecule has 0 aliphatic carbocycles. The number of urea groups is 2. The highest BCUT2D eigenvalue weighted by molar-refractivity contribution is 6.03. The van der Waals surface area contributed by atoms with Gasteiger partial charge in [0.05, 0.1) is 6.54 Å². The third-order valence-corrected chi connectivity index (χ3v) is 6.79. The molecule has 3 saturated heterocycles. The first-order valence-electron chi connectivity index (χ1n) is 13.6. The number of amides is 8. The van der Waals surface area contributed by atoms with E-state index in [4.69, 9.17) is 9.47 Å². The molecule has 3 aliphatic rings. The molecule has 5 rings (SSSR count). The highest BCUT2D eigenvalue weighted by atomic mass is 16.6. The maximum Gasteiger partial charge on any atom is 0.417 e. The van der Waals surface area contributed by atoms with Crippen LogP contribution in [0, 0.1) is 0 Å². The van der Waals surface area contributed by atoms with Crippen LogP contribution in [0.3, 0.4) is 0 Å². The molecule has 230 valence electrons. The van der Waals surface area contributed by atoms with E-state index >= 15 is 0 Å². The first-order chi connectivity index (χ1) is 20.3. The number of rotatable bonds is 6. The van der Waals surface area contributed by atoms with Gasteiger partial charge in [0.25, 0.3) is 11.8 Å². The van der Waals surface area contributed by atoms with Crippen LogP contribution in [-0.2, 0) is 36.9 Å². The van der Waals surface area contributed by atoms with Gasteiger partial charge in [-0.2, -0.15) is 0 Å². The van der Waals surface area contributed by atoms with Gasteiger partial charge in [-0.25, -0.2) is 19.3 Å².